The lowest BCUT2D eigenvalue weighted by atomic mass is 9.72. The van der Waals surface area contributed by atoms with Gasteiger partial charge in [-0.05, 0) is 17.3 Å². The van der Waals surface area contributed by atoms with Gasteiger partial charge in [0.1, 0.15) is 0 Å². The van der Waals surface area contributed by atoms with Gasteiger partial charge in [0.05, 0.1) is 0 Å². The van der Waals surface area contributed by atoms with E-state index in [9.17, 15) is 4.79 Å². The van der Waals surface area contributed by atoms with Gasteiger partial charge < -0.3 is 5.73 Å². The average Bonchev–Trinajstić information content (AvgIpc) is 1.77. The van der Waals surface area contributed by atoms with Gasteiger partial charge >= 0.3 is 0 Å². The van der Waals surface area contributed by atoms with Crippen molar-refractivity contribution in [2.75, 3.05) is 0 Å². The van der Waals surface area contributed by atoms with Crippen LogP contribution in [0, 0.1) is 16.7 Å². The third kappa shape index (κ3) is 4.91. The second kappa shape index (κ2) is 3.69. The third-order valence-electron chi connectivity index (χ3n) is 2.21. The number of hydrogen-bond donors (Lipinski definition) is 1. The smallest absolute Gasteiger partial charge is 0.221 e. The molecule has 0 aromatic carbocycles. The first-order valence-electron chi connectivity index (χ1n) is 4.83. The van der Waals surface area contributed by atoms with E-state index in [1.807, 2.05) is 0 Å². The van der Waals surface area contributed by atoms with E-state index in [0.29, 0.717) is 0 Å². The molecule has 78 valence electrons. The molecule has 2 heteroatoms. The molecular formula is C11H23NO. The van der Waals surface area contributed by atoms with Crippen LogP contribution in [-0.4, -0.2) is 5.91 Å². The Labute approximate surface area is 81.9 Å². The Morgan fingerprint density at radius 1 is 1.15 bits per heavy atom. The van der Waals surface area contributed by atoms with E-state index in [0.717, 1.165) is 6.42 Å². The molecule has 13 heavy (non-hydrogen) atoms. The zero-order valence-electron chi connectivity index (χ0n) is 9.77. The summed E-state index contributed by atoms with van der Waals surface area (Å²) in [5, 5.41) is 0. The molecule has 0 spiro atoms. The predicted octanol–water partition coefficient (Wildman–Crippen LogP) is 2.57. The van der Waals surface area contributed by atoms with E-state index in [4.69, 9.17) is 5.73 Å². The van der Waals surface area contributed by atoms with Crippen molar-refractivity contribution in [2.45, 2.75) is 48.0 Å². The fourth-order valence-electron chi connectivity index (χ4n) is 1.45. The molecule has 0 heterocycles. The van der Waals surface area contributed by atoms with Crippen molar-refractivity contribution in [1.82, 2.24) is 0 Å². The summed E-state index contributed by atoms with van der Waals surface area (Å²) in [6, 6.07) is 0. The van der Waals surface area contributed by atoms with Gasteiger partial charge in [-0.1, -0.05) is 41.5 Å². The molecule has 0 radical (unpaired) electrons. The molecule has 0 saturated carbocycles. The van der Waals surface area contributed by atoms with Gasteiger partial charge in [-0.3, -0.25) is 4.79 Å². The van der Waals surface area contributed by atoms with Crippen LogP contribution in [0.1, 0.15) is 48.0 Å². The summed E-state index contributed by atoms with van der Waals surface area (Å²) in [5.41, 5.74) is 5.52. The van der Waals surface area contributed by atoms with E-state index < -0.39 is 0 Å². The van der Waals surface area contributed by atoms with Crippen molar-refractivity contribution < 1.29 is 4.79 Å². The van der Waals surface area contributed by atoms with Gasteiger partial charge in [-0.25, -0.2) is 0 Å². The van der Waals surface area contributed by atoms with Crippen LogP contribution in [0.5, 0.6) is 0 Å². The monoisotopic (exact) mass is 185 g/mol. The fourth-order valence-corrected chi connectivity index (χ4v) is 1.45. The van der Waals surface area contributed by atoms with Crippen molar-refractivity contribution in [2.24, 2.45) is 22.5 Å². The van der Waals surface area contributed by atoms with Crippen molar-refractivity contribution in [3.8, 4) is 0 Å². The van der Waals surface area contributed by atoms with E-state index in [1.165, 1.54) is 0 Å². The number of hydrogen-bond acceptors (Lipinski definition) is 1. The Bertz CT molecular complexity index is 183. The standard InChI is InChI=1S/C11H23NO/c1-10(2,3)7-8(9(12)13)11(4,5)6/h8H,7H2,1-6H3,(H2,12,13). The zero-order valence-corrected chi connectivity index (χ0v) is 9.77. The van der Waals surface area contributed by atoms with Crippen LogP contribution >= 0.6 is 0 Å². The van der Waals surface area contributed by atoms with Crippen LogP contribution in [0.4, 0.5) is 0 Å². The molecule has 0 fully saturated rings. The highest BCUT2D eigenvalue weighted by atomic mass is 16.1. The molecule has 2 N–H and O–H groups in total. The maximum absolute atomic E-state index is 11.2. The molecule has 0 rings (SSSR count). The molecule has 1 atom stereocenters. The summed E-state index contributed by atoms with van der Waals surface area (Å²) in [6.45, 7) is 12.6. The number of carbonyl (C=O) groups excluding carboxylic acids is 1. The lowest BCUT2D eigenvalue weighted by Crippen LogP contribution is -2.36. The average molecular weight is 185 g/mol. The summed E-state index contributed by atoms with van der Waals surface area (Å²) >= 11 is 0. The topological polar surface area (TPSA) is 43.1 Å². The van der Waals surface area contributed by atoms with Gasteiger partial charge in [0.25, 0.3) is 0 Å². The molecule has 2 nitrogen and oxygen atoms in total. The maximum atomic E-state index is 11.2. The van der Waals surface area contributed by atoms with Gasteiger partial charge in [-0.2, -0.15) is 0 Å². The predicted molar refractivity (Wildman–Crippen MR) is 56.2 cm³/mol. The number of primary amides is 1. The number of carbonyl (C=O) groups is 1. The second-order valence-electron chi connectivity index (χ2n) is 6.09. The molecule has 0 aliphatic rings. The van der Waals surface area contributed by atoms with Crippen molar-refractivity contribution in [3.63, 3.8) is 0 Å². The molecule has 0 aliphatic heterocycles. The van der Waals surface area contributed by atoms with Crippen LogP contribution in [0.2, 0.25) is 0 Å². The molecule has 1 unspecified atom stereocenters. The molecule has 0 aliphatic carbocycles. The van der Waals surface area contributed by atoms with Crippen molar-refractivity contribution in [3.05, 3.63) is 0 Å². The first kappa shape index (κ1) is 12.5. The van der Waals surface area contributed by atoms with Crippen LogP contribution in [-0.2, 0) is 4.79 Å². The van der Waals surface area contributed by atoms with Crippen LogP contribution in [0.25, 0.3) is 0 Å². The molecule has 0 aromatic heterocycles. The Morgan fingerprint density at radius 2 is 1.54 bits per heavy atom. The molecule has 0 bridgehead atoms. The minimum atomic E-state index is -0.178. The van der Waals surface area contributed by atoms with Crippen LogP contribution in [0.15, 0.2) is 0 Å². The third-order valence-corrected chi connectivity index (χ3v) is 2.21. The molecule has 0 aromatic rings. The van der Waals surface area contributed by atoms with E-state index in [-0.39, 0.29) is 22.7 Å². The van der Waals surface area contributed by atoms with E-state index in [2.05, 4.69) is 41.5 Å². The normalized spacial score (nSPS) is 15.5. The summed E-state index contributed by atoms with van der Waals surface area (Å²) in [6.07, 6.45) is 0.853. The number of amides is 1. The van der Waals surface area contributed by atoms with Crippen molar-refractivity contribution in [1.29, 1.82) is 0 Å². The number of rotatable bonds is 2. The van der Waals surface area contributed by atoms with Crippen LogP contribution < -0.4 is 5.73 Å². The summed E-state index contributed by atoms with van der Waals surface area (Å²) in [5.74, 6) is -0.213. The van der Waals surface area contributed by atoms with Crippen molar-refractivity contribution >= 4 is 5.91 Å². The number of nitrogens with two attached hydrogens (primary N) is 1. The molecular weight excluding hydrogens is 162 g/mol. The highest BCUT2D eigenvalue weighted by Crippen LogP contribution is 2.35. The largest absolute Gasteiger partial charge is 0.369 e. The highest BCUT2D eigenvalue weighted by Gasteiger charge is 2.32. The maximum Gasteiger partial charge on any atom is 0.221 e. The Kier molecular flexibility index (Phi) is 3.54. The summed E-state index contributed by atoms with van der Waals surface area (Å²) < 4.78 is 0. The molecule has 1 amide bonds. The zero-order chi connectivity index (χ0) is 10.9. The SMILES string of the molecule is CC(C)(C)CC(C(N)=O)C(C)(C)C. The fraction of sp³-hybridized carbons (Fsp3) is 0.909. The lowest BCUT2D eigenvalue weighted by Gasteiger charge is -2.33. The first-order chi connectivity index (χ1) is 5.54. The minimum Gasteiger partial charge on any atom is -0.369 e. The highest BCUT2D eigenvalue weighted by molar-refractivity contribution is 5.77. The Morgan fingerprint density at radius 3 is 1.62 bits per heavy atom. The van der Waals surface area contributed by atoms with Crippen LogP contribution in [0.3, 0.4) is 0 Å². The molecule has 0 saturated heterocycles. The van der Waals surface area contributed by atoms with Gasteiger partial charge in [0.2, 0.25) is 5.91 Å². The minimum absolute atomic E-state index is 0.0287. The Balaban J connectivity index is 4.56. The lowest BCUT2D eigenvalue weighted by molar-refractivity contribution is -0.126. The first-order valence-corrected chi connectivity index (χ1v) is 4.83. The Hall–Kier alpha value is -0.530. The second-order valence-corrected chi connectivity index (χ2v) is 6.09. The van der Waals surface area contributed by atoms with Gasteiger partial charge in [0.15, 0.2) is 0 Å². The quantitative estimate of drug-likeness (QED) is 0.706. The summed E-state index contributed by atoms with van der Waals surface area (Å²) in [4.78, 5) is 11.2. The summed E-state index contributed by atoms with van der Waals surface area (Å²) in [7, 11) is 0. The van der Waals surface area contributed by atoms with E-state index >= 15 is 0 Å². The van der Waals surface area contributed by atoms with E-state index in [1.54, 1.807) is 0 Å². The van der Waals surface area contributed by atoms with Gasteiger partial charge in [0, 0.05) is 5.92 Å². The van der Waals surface area contributed by atoms with Gasteiger partial charge in [-0.15, -0.1) is 0 Å².